The molecule has 28 heavy (non-hydrogen) atoms. The van der Waals surface area contributed by atoms with E-state index >= 15 is 0 Å². The van der Waals surface area contributed by atoms with E-state index in [0.717, 1.165) is 41.3 Å². The Kier molecular flexibility index (Phi) is 5.57. The summed E-state index contributed by atoms with van der Waals surface area (Å²) in [6.07, 6.45) is 0.895. The molecule has 0 aliphatic carbocycles. The van der Waals surface area contributed by atoms with Crippen molar-refractivity contribution >= 4 is 11.0 Å². The molecule has 0 spiro atoms. The molecule has 0 unspecified atom stereocenters. The van der Waals surface area contributed by atoms with Gasteiger partial charge in [0.1, 0.15) is 23.9 Å². The van der Waals surface area contributed by atoms with Crippen LogP contribution in [0, 0.1) is 6.92 Å². The van der Waals surface area contributed by atoms with E-state index in [1.54, 1.807) is 0 Å². The molecular weight excluding hydrogens is 348 g/mol. The summed E-state index contributed by atoms with van der Waals surface area (Å²) in [5, 5.41) is 0. The Morgan fingerprint density at radius 2 is 1.61 bits per heavy atom. The smallest absolute Gasteiger partial charge is 0.147 e. The van der Waals surface area contributed by atoms with E-state index in [9.17, 15) is 0 Å². The molecule has 0 N–H and O–H groups in total. The van der Waals surface area contributed by atoms with Crippen molar-refractivity contribution < 1.29 is 9.47 Å². The molecule has 0 bridgehead atoms. The van der Waals surface area contributed by atoms with Crippen molar-refractivity contribution in [3.8, 4) is 11.5 Å². The average Bonchev–Trinajstić information content (AvgIpc) is 3.08. The molecule has 0 amide bonds. The van der Waals surface area contributed by atoms with Crippen LogP contribution in [0.4, 0.5) is 0 Å². The topological polar surface area (TPSA) is 36.3 Å². The highest BCUT2D eigenvalue weighted by atomic mass is 16.5. The summed E-state index contributed by atoms with van der Waals surface area (Å²) in [6, 6.07) is 26.2. The van der Waals surface area contributed by atoms with E-state index in [1.165, 1.54) is 5.56 Å². The Hall–Kier alpha value is -3.27. The molecule has 4 aromatic rings. The van der Waals surface area contributed by atoms with Gasteiger partial charge in [0.05, 0.1) is 17.6 Å². The van der Waals surface area contributed by atoms with E-state index in [4.69, 9.17) is 14.5 Å². The van der Waals surface area contributed by atoms with Crippen LogP contribution in [0.15, 0.2) is 78.9 Å². The maximum atomic E-state index is 5.94. The van der Waals surface area contributed by atoms with Gasteiger partial charge in [-0.25, -0.2) is 4.98 Å². The second-order valence-electron chi connectivity index (χ2n) is 6.79. The van der Waals surface area contributed by atoms with Crippen LogP contribution in [-0.2, 0) is 13.2 Å². The third-order valence-electron chi connectivity index (χ3n) is 4.63. The molecule has 1 aromatic heterocycles. The minimum atomic E-state index is 0.442. The highest BCUT2D eigenvalue weighted by Gasteiger charge is 2.11. The Balaban J connectivity index is 1.44. The predicted molar refractivity (Wildman–Crippen MR) is 112 cm³/mol. The lowest BCUT2D eigenvalue weighted by Crippen LogP contribution is -2.10. The normalized spacial score (nSPS) is 10.9. The third-order valence-corrected chi connectivity index (χ3v) is 4.63. The van der Waals surface area contributed by atoms with Gasteiger partial charge in [-0.1, -0.05) is 42.5 Å². The second kappa shape index (κ2) is 8.61. The number of rotatable bonds is 8. The SMILES string of the molecule is Cc1cccc(OCCCn2c(COc3ccccc3)nc3ccccc32)c1. The van der Waals surface area contributed by atoms with Crippen molar-refractivity contribution in [2.75, 3.05) is 6.61 Å². The molecule has 0 fully saturated rings. The fraction of sp³-hybridized carbons (Fsp3) is 0.208. The van der Waals surface area contributed by atoms with Gasteiger partial charge < -0.3 is 14.0 Å². The molecule has 3 aromatic carbocycles. The van der Waals surface area contributed by atoms with Crippen molar-refractivity contribution in [3.63, 3.8) is 0 Å². The molecule has 4 heteroatoms. The number of aryl methyl sites for hydroxylation is 2. The van der Waals surface area contributed by atoms with Crippen molar-refractivity contribution in [1.29, 1.82) is 0 Å². The summed E-state index contributed by atoms with van der Waals surface area (Å²) < 4.78 is 14.1. The Morgan fingerprint density at radius 3 is 2.46 bits per heavy atom. The van der Waals surface area contributed by atoms with Crippen LogP contribution in [0.1, 0.15) is 17.8 Å². The van der Waals surface area contributed by atoms with Crippen molar-refractivity contribution in [3.05, 3.63) is 90.3 Å². The first-order valence-electron chi connectivity index (χ1n) is 9.61. The zero-order valence-electron chi connectivity index (χ0n) is 16.0. The molecule has 4 nitrogen and oxygen atoms in total. The fourth-order valence-electron chi connectivity index (χ4n) is 3.27. The molecule has 4 rings (SSSR count). The van der Waals surface area contributed by atoms with E-state index < -0.39 is 0 Å². The predicted octanol–water partition coefficient (Wildman–Crippen LogP) is 5.39. The van der Waals surface area contributed by atoms with E-state index in [0.29, 0.717) is 13.2 Å². The number of benzene rings is 3. The minimum absolute atomic E-state index is 0.442. The largest absolute Gasteiger partial charge is 0.494 e. The summed E-state index contributed by atoms with van der Waals surface area (Å²) in [5.74, 6) is 2.70. The Bertz CT molecular complexity index is 1040. The summed E-state index contributed by atoms with van der Waals surface area (Å²) >= 11 is 0. The number of ether oxygens (including phenoxy) is 2. The lowest BCUT2D eigenvalue weighted by molar-refractivity contribution is 0.280. The number of para-hydroxylation sites is 3. The minimum Gasteiger partial charge on any atom is -0.494 e. The number of nitrogens with zero attached hydrogens (tertiary/aromatic N) is 2. The van der Waals surface area contributed by atoms with Gasteiger partial charge in [-0.15, -0.1) is 0 Å². The van der Waals surface area contributed by atoms with Crippen molar-refractivity contribution in [1.82, 2.24) is 9.55 Å². The summed E-state index contributed by atoms with van der Waals surface area (Å²) in [6.45, 7) is 4.01. The van der Waals surface area contributed by atoms with Gasteiger partial charge in [0.2, 0.25) is 0 Å². The van der Waals surface area contributed by atoms with E-state index in [-0.39, 0.29) is 0 Å². The van der Waals surface area contributed by atoms with Gasteiger partial charge in [-0.2, -0.15) is 0 Å². The molecule has 1 heterocycles. The quantitative estimate of drug-likeness (QED) is 0.389. The van der Waals surface area contributed by atoms with Crippen LogP contribution in [0.3, 0.4) is 0 Å². The Morgan fingerprint density at radius 1 is 0.821 bits per heavy atom. The van der Waals surface area contributed by atoms with Crippen LogP contribution in [0.25, 0.3) is 11.0 Å². The maximum absolute atomic E-state index is 5.94. The first kappa shape index (κ1) is 18.1. The first-order valence-corrected chi connectivity index (χ1v) is 9.61. The van der Waals surface area contributed by atoms with Gasteiger partial charge in [0.25, 0.3) is 0 Å². The molecule has 0 atom stereocenters. The fourth-order valence-corrected chi connectivity index (χ4v) is 3.27. The second-order valence-corrected chi connectivity index (χ2v) is 6.79. The summed E-state index contributed by atoms with van der Waals surface area (Å²) in [4.78, 5) is 4.77. The standard InChI is InChI=1S/C24H24N2O2/c1-19-9-7-12-21(17-19)27-16-8-15-26-23-14-6-5-13-22(23)25-24(26)18-28-20-10-3-2-4-11-20/h2-7,9-14,17H,8,15-16,18H2,1H3. The monoisotopic (exact) mass is 372 g/mol. The average molecular weight is 372 g/mol. The summed E-state index contributed by atoms with van der Waals surface area (Å²) in [5.41, 5.74) is 3.33. The lowest BCUT2D eigenvalue weighted by atomic mass is 10.2. The van der Waals surface area contributed by atoms with Crippen LogP contribution in [0.5, 0.6) is 11.5 Å². The highest BCUT2D eigenvalue weighted by Crippen LogP contribution is 2.19. The van der Waals surface area contributed by atoms with E-state index in [1.807, 2.05) is 60.7 Å². The van der Waals surface area contributed by atoms with E-state index in [2.05, 4.69) is 29.7 Å². The number of hydrogen-bond donors (Lipinski definition) is 0. The van der Waals surface area contributed by atoms with Crippen LogP contribution in [0.2, 0.25) is 0 Å². The number of aromatic nitrogens is 2. The Labute approximate surface area is 165 Å². The maximum Gasteiger partial charge on any atom is 0.147 e. The van der Waals surface area contributed by atoms with Crippen molar-refractivity contribution in [2.45, 2.75) is 26.5 Å². The molecule has 142 valence electrons. The molecule has 0 aliphatic rings. The molecule has 0 radical (unpaired) electrons. The van der Waals surface area contributed by atoms with Gasteiger partial charge in [0, 0.05) is 6.54 Å². The van der Waals surface area contributed by atoms with Gasteiger partial charge >= 0.3 is 0 Å². The zero-order chi connectivity index (χ0) is 19.2. The van der Waals surface area contributed by atoms with Crippen molar-refractivity contribution in [2.24, 2.45) is 0 Å². The molecule has 0 saturated heterocycles. The third kappa shape index (κ3) is 4.34. The van der Waals surface area contributed by atoms with Gasteiger partial charge in [0.15, 0.2) is 0 Å². The number of imidazole rings is 1. The number of hydrogen-bond acceptors (Lipinski definition) is 3. The highest BCUT2D eigenvalue weighted by molar-refractivity contribution is 5.75. The molecule has 0 aliphatic heterocycles. The zero-order valence-corrected chi connectivity index (χ0v) is 16.0. The lowest BCUT2D eigenvalue weighted by Gasteiger charge is -2.11. The van der Waals surface area contributed by atoms with Crippen LogP contribution < -0.4 is 9.47 Å². The van der Waals surface area contributed by atoms with Gasteiger partial charge in [-0.3, -0.25) is 0 Å². The number of fused-ring (bicyclic) bond motifs is 1. The molecular formula is C24H24N2O2. The molecule has 0 saturated carbocycles. The van der Waals surface area contributed by atoms with Crippen LogP contribution in [-0.4, -0.2) is 16.2 Å². The van der Waals surface area contributed by atoms with Crippen LogP contribution >= 0.6 is 0 Å². The summed E-state index contributed by atoms with van der Waals surface area (Å²) in [7, 11) is 0. The first-order chi connectivity index (χ1) is 13.8. The van der Waals surface area contributed by atoms with Gasteiger partial charge in [-0.05, 0) is 55.3 Å².